The van der Waals surface area contributed by atoms with Crippen molar-refractivity contribution in [3.8, 4) is 0 Å². The second-order valence-corrected chi connectivity index (χ2v) is 3.92. The van der Waals surface area contributed by atoms with E-state index in [1.165, 1.54) is 20.0 Å². The van der Waals surface area contributed by atoms with Gasteiger partial charge in [0.1, 0.15) is 0 Å². The zero-order valence-electron chi connectivity index (χ0n) is 8.60. The summed E-state index contributed by atoms with van der Waals surface area (Å²) in [4.78, 5) is 0. The lowest BCUT2D eigenvalue weighted by Crippen LogP contribution is -2.06. The van der Waals surface area contributed by atoms with Gasteiger partial charge in [-0.25, -0.2) is 0 Å². The van der Waals surface area contributed by atoms with Gasteiger partial charge < -0.3 is 9.84 Å². The molecule has 1 unspecified atom stereocenters. The van der Waals surface area contributed by atoms with E-state index >= 15 is 0 Å². The molecule has 1 atom stereocenters. The van der Waals surface area contributed by atoms with Crippen LogP contribution in [0.3, 0.4) is 0 Å². The molecule has 4 nitrogen and oxygen atoms in total. The largest absolute Gasteiger partial charge is 0.363 e. The van der Waals surface area contributed by atoms with Gasteiger partial charge in [0, 0.05) is 14.2 Å². The van der Waals surface area contributed by atoms with Crippen molar-refractivity contribution in [2.75, 3.05) is 7.11 Å². The van der Waals surface area contributed by atoms with Gasteiger partial charge in [0.25, 0.3) is 0 Å². The molecule has 78 valence electrons. The molecule has 0 spiro atoms. The average molecular weight is 196 g/mol. The van der Waals surface area contributed by atoms with Gasteiger partial charge in [-0.3, -0.25) is 4.68 Å². The van der Waals surface area contributed by atoms with E-state index < -0.39 is 6.29 Å². The molecule has 1 N–H and O–H groups in total. The molecule has 0 aromatic carbocycles. The molecule has 0 aliphatic heterocycles. The molecule has 2 rings (SSSR count). The van der Waals surface area contributed by atoms with E-state index in [0.717, 1.165) is 23.7 Å². The zero-order valence-corrected chi connectivity index (χ0v) is 8.60. The first kappa shape index (κ1) is 9.68. The lowest BCUT2D eigenvalue weighted by Gasteiger charge is -2.07. The number of aromatic nitrogens is 2. The van der Waals surface area contributed by atoms with Gasteiger partial charge >= 0.3 is 0 Å². The number of aliphatic hydroxyl groups is 1. The lowest BCUT2D eigenvalue weighted by molar-refractivity contribution is -0.0821. The summed E-state index contributed by atoms with van der Waals surface area (Å²) in [6, 6.07) is 1.92. The maximum absolute atomic E-state index is 9.49. The van der Waals surface area contributed by atoms with Crippen molar-refractivity contribution in [1.82, 2.24) is 9.78 Å². The molecule has 0 saturated heterocycles. The van der Waals surface area contributed by atoms with E-state index in [1.807, 2.05) is 13.1 Å². The van der Waals surface area contributed by atoms with Gasteiger partial charge in [-0.05, 0) is 31.2 Å². The first-order valence-electron chi connectivity index (χ1n) is 4.94. The summed E-state index contributed by atoms with van der Waals surface area (Å²) in [5, 5.41) is 13.8. The third-order valence-electron chi connectivity index (χ3n) is 2.64. The standard InChI is InChI=1S/C10H16N2O2/c1-12-9(10(13)14-2)6-8(11-12)5-7-3-4-7/h6-7,10,13H,3-5H2,1-2H3. The summed E-state index contributed by atoms with van der Waals surface area (Å²) in [6.45, 7) is 0. The first-order valence-corrected chi connectivity index (χ1v) is 4.94. The number of methoxy groups -OCH3 is 1. The molecule has 4 heteroatoms. The molecule has 1 aliphatic rings. The van der Waals surface area contributed by atoms with Crippen LogP contribution in [0, 0.1) is 5.92 Å². The van der Waals surface area contributed by atoms with Crippen LogP contribution in [0.5, 0.6) is 0 Å². The predicted octanol–water partition coefficient (Wildman–Crippen LogP) is 1.01. The van der Waals surface area contributed by atoms with Crippen molar-refractivity contribution >= 4 is 0 Å². The molecule has 0 amide bonds. The lowest BCUT2D eigenvalue weighted by atomic mass is 10.2. The summed E-state index contributed by atoms with van der Waals surface area (Å²) >= 11 is 0. The van der Waals surface area contributed by atoms with Crippen molar-refractivity contribution in [1.29, 1.82) is 0 Å². The normalized spacial score (nSPS) is 18.5. The van der Waals surface area contributed by atoms with Crippen LogP contribution < -0.4 is 0 Å². The molecule has 1 fully saturated rings. The number of ether oxygens (including phenoxy) is 1. The van der Waals surface area contributed by atoms with Gasteiger partial charge in [-0.1, -0.05) is 0 Å². The highest BCUT2D eigenvalue weighted by Gasteiger charge is 2.23. The Morgan fingerprint density at radius 3 is 3.00 bits per heavy atom. The fourth-order valence-corrected chi connectivity index (χ4v) is 1.61. The van der Waals surface area contributed by atoms with Crippen molar-refractivity contribution < 1.29 is 9.84 Å². The molecular weight excluding hydrogens is 180 g/mol. The summed E-state index contributed by atoms with van der Waals surface area (Å²) in [7, 11) is 3.31. The number of aryl methyl sites for hydroxylation is 1. The second kappa shape index (κ2) is 3.71. The average Bonchev–Trinajstić information content (AvgIpc) is 2.89. The number of aliphatic hydroxyl groups excluding tert-OH is 1. The van der Waals surface area contributed by atoms with Crippen molar-refractivity contribution in [3.63, 3.8) is 0 Å². The Bertz CT molecular complexity index is 318. The van der Waals surface area contributed by atoms with Crippen LogP contribution in [0.15, 0.2) is 6.07 Å². The van der Waals surface area contributed by atoms with Crippen LogP contribution in [-0.2, 0) is 18.2 Å². The second-order valence-electron chi connectivity index (χ2n) is 3.92. The van der Waals surface area contributed by atoms with Crippen LogP contribution in [0.25, 0.3) is 0 Å². The molecule has 0 bridgehead atoms. The minimum Gasteiger partial charge on any atom is -0.363 e. The number of nitrogens with zero attached hydrogens (tertiary/aromatic N) is 2. The van der Waals surface area contributed by atoms with Gasteiger partial charge in [-0.15, -0.1) is 0 Å². The van der Waals surface area contributed by atoms with Crippen molar-refractivity contribution in [3.05, 3.63) is 17.5 Å². The minimum absolute atomic E-state index is 0.725. The van der Waals surface area contributed by atoms with Gasteiger partial charge in [0.05, 0.1) is 11.4 Å². The van der Waals surface area contributed by atoms with Gasteiger partial charge in [0.15, 0.2) is 6.29 Å². The van der Waals surface area contributed by atoms with Crippen LogP contribution in [0.2, 0.25) is 0 Å². The SMILES string of the molecule is COC(O)c1cc(CC2CC2)nn1C. The molecular formula is C10H16N2O2. The first-order chi connectivity index (χ1) is 6.70. The molecule has 1 saturated carbocycles. The molecule has 14 heavy (non-hydrogen) atoms. The van der Waals surface area contributed by atoms with Crippen LogP contribution in [0.1, 0.15) is 30.5 Å². The van der Waals surface area contributed by atoms with E-state index in [2.05, 4.69) is 5.10 Å². The molecule has 1 heterocycles. The predicted molar refractivity (Wildman–Crippen MR) is 51.6 cm³/mol. The fourth-order valence-electron chi connectivity index (χ4n) is 1.61. The maximum Gasteiger partial charge on any atom is 0.197 e. The van der Waals surface area contributed by atoms with Crippen LogP contribution in [-0.4, -0.2) is 22.0 Å². The van der Waals surface area contributed by atoms with E-state index in [4.69, 9.17) is 4.74 Å². The van der Waals surface area contributed by atoms with E-state index in [-0.39, 0.29) is 0 Å². The Morgan fingerprint density at radius 2 is 2.43 bits per heavy atom. The monoisotopic (exact) mass is 196 g/mol. The fraction of sp³-hybridized carbons (Fsp3) is 0.700. The molecule has 1 aromatic rings. The molecule has 1 aromatic heterocycles. The summed E-state index contributed by atoms with van der Waals surface area (Å²) in [6.07, 6.45) is 2.81. The van der Waals surface area contributed by atoms with E-state index in [0.29, 0.717) is 0 Å². The van der Waals surface area contributed by atoms with Crippen LogP contribution in [0.4, 0.5) is 0 Å². The minimum atomic E-state index is -0.861. The van der Waals surface area contributed by atoms with Crippen LogP contribution >= 0.6 is 0 Å². The smallest absolute Gasteiger partial charge is 0.197 e. The third-order valence-corrected chi connectivity index (χ3v) is 2.64. The third kappa shape index (κ3) is 1.96. The maximum atomic E-state index is 9.49. The zero-order chi connectivity index (χ0) is 10.1. The summed E-state index contributed by atoms with van der Waals surface area (Å²) in [5.74, 6) is 0.817. The number of hydrogen-bond donors (Lipinski definition) is 1. The highest BCUT2D eigenvalue weighted by molar-refractivity contribution is 5.12. The van der Waals surface area contributed by atoms with Crippen molar-refractivity contribution in [2.24, 2.45) is 13.0 Å². The van der Waals surface area contributed by atoms with Gasteiger partial charge in [0.2, 0.25) is 0 Å². The highest BCUT2D eigenvalue weighted by Crippen LogP contribution is 2.32. The molecule has 0 radical (unpaired) electrons. The highest BCUT2D eigenvalue weighted by atomic mass is 16.6. The van der Waals surface area contributed by atoms with E-state index in [9.17, 15) is 5.11 Å². The Balaban J connectivity index is 2.11. The number of hydrogen-bond acceptors (Lipinski definition) is 3. The summed E-state index contributed by atoms with van der Waals surface area (Å²) in [5.41, 5.74) is 1.78. The Morgan fingerprint density at radius 1 is 1.71 bits per heavy atom. The summed E-state index contributed by atoms with van der Waals surface area (Å²) < 4.78 is 6.53. The Labute approximate surface area is 83.5 Å². The Hall–Kier alpha value is -0.870. The number of rotatable bonds is 4. The van der Waals surface area contributed by atoms with Crippen molar-refractivity contribution in [2.45, 2.75) is 25.6 Å². The molecule has 1 aliphatic carbocycles. The van der Waals surface area contributed by atoms with Gasteiger partial charge in [-0.2, -0.15) is 5.10 Å². The topological polar surface area (TPSA) is 47.3 Å². The quantitative estimate of drug-likeness (QED) is 0.731. The Kier molecular flexibility index (Phi) is 2.56. The van der Waals surface area contributed by atoms with E-state index in [1.54, 1.807) is 4.68 Å².